The van der Waals surface area contributed by atoms with Crippen LogP contribution in [0, 0.1) is 12.7 Å². The molecule has 1 amide bonds. The normalized spacial score (nSPS) is 19.7. The number of Topliss-reactive ketones (excluding diaryl/α,β-unsaturated/α-hetero) is 1. The molecule has 4 nitrogen and oxygen atoms in total. The first-order valence-electron chi connectivity index (χ1n) is 6.84. The van der Waals surface area contributed by atoms with E-state index >= 15 is 0 Å². The number of ketones is 1. The first-order valence-corrected chi connectivity index (χ1v) is 6.84. The molecule has 0 unspecified atom stereocenters. The van der Waals surface area contributed by atoms with Crippen molar-refractivity contribution in [1.82, 2.24) is 0 Å². The number of hydrogen-bond acceptors (Lipinski definition) is 3. The zero-order valence-corrected chi connectivity index (χ0v) is 11.9. The summed E-state index contributed by atoms with van der Waals surface area (Å²) in [6.07, 6.45) is -0.388. The van der Waals surface area contributed by atoms with Gasteiger partial charge in [0.25, 0.3) is 5.91 Å². The Morgan fingerprint density at radius 2 is 1.91 bits per heavy atom. The lowest BCUT2D eigenvalue weighted by molar-refractivity contribution is -0.133. The van der Waals surface area contributed by atoms with Gasteiger partial charge in [0.05, 0.1) is 12.1 Å². The minimum Gasteiger partial charge on any atom is -0.375 e. The molecule has 1 atom stereocenters. The number of rotatable bonds is 3. The fourth-order valence-electron chi connectivity index (χ4n) is 2.66. The molecule has 0 fully saturated rings. The largest absolute Gasteiger partial charge is 0.375 e. The van der Waals surface area contributed by atoms with E-state index in [1.54, 1.807) is 12.1 Å². The van der Waals surface area contributed by atoms with Crippen molar-refractivity contribution in [3.63, 3.8) is 0 Å². The van der Waals surface area contributed by atoms with Crippen LogP contribution in [0.2, 0.25) is 0 Å². The van der Waals surface area contributed by atoms with Crippen LogP contribution in [0.5, 0.6) is 0 Å². The van der Waals surface area contributed by atoms with E-state index in [-0.39, 0.29) is 12.0 Å². The summed E-state index contributed by atoms with van der Waals surface area (Å²) in [5.41, 5.74) is 0.113. The highest BCUT2D eigenvalue weighted by Crippen LogP contribution is 2.40. The summed E-state index contributed by atoms with van der Waals surface area (Å²) in [6.45, 7) is 1.81. The molecule has 1 aliphatic rings. The molecule has 0 saturated heterocycles. The summed E-state index contributed by atoms with van der Waals surface area (Å²) in [5, 5.41) is 13.3. The number of hydrogen-bond donors (Lipinski definition) is 2. The van der Waals surface area contributed by atoms with Crippen LogP contribution < -0.4 is 5.32 Å². The van der Waals surface area contributed by atoms with Crippen molar-refractivity contribution in [2.45, 2.75) is 18.9 Å². The number of fused-ring (bicyclic) bond motifs is 1. The molecule has 2 aromatic rings. The monoisotopic (exact) mass is 299 g/mol. The number of nitrogens with one attached hydrogen (secondary N) is 1. The van der Waals surface area contributed by atoms with Crippen LogP contribution in [0.4, 0.5) is 10.1 Å². The number of benzene rings is 2. The van der Waals surface area contributed by atoms with Gasteiger partial charge >= 0.3 is 0 Å². The Morgan fingerprint density at radius 3 is 2.59 bits per heavy atom. The Balaban J connectivity index is 1.95. The van der Waals surface area contributed by atoms with Gasteiger partial charge in [-0.25, -0.2) is 4.39 Å². The number of carbonyl (C=O) groups is 2. The molecular weight excluding hydrogens is 285 g/mol. The van der Waals surface area contributed by atoms with Crippen molar-refractivity contribution in [2.75, 3.05) is 5.32 Å². The highest BCUT2D eigenvalue weighted by atomic mass is 19.1. The number of carbonyl (C=O) groups excluding carboxylic acids is 2. The van der Waals surface area contributed by atoms with Crippen molar-refractivity contribution >= 4 is 17.4 Å². The number of para-hydroxylation sites is 1. The van der Waals surface area contributed by atoms with Gasteiger partial charge in [-0.15, -0.1) is 0 Å². The molecule has 1 heterocycles. The number of amides is 1. The van der Waals surface area contributed by atoms with E-state index in [0.29, 0.717) is 11.3 Å². The van der Waals surface area contributed by atoms with Crippen LogP contribution in [0.1, 0.15) is 27.9 Å². The van der Waals surface area contributed by atoms with Crippen LogP contribution in [-0.2, 0) is 10.4 Å². The van der Waals surface area contributed by atoms with E-state index in [1.165, 1.54) is 24.3 Å². The lowest BCUT2D eigenvalue weighted by Crippen LogP contribution is -2.36. The van der Waals surface area contributed by atoms with Gasteiger partial charge in [0.1, 0.15) is 5.82 Å². The van der Waals surface area contributed by atoms with Gasteiger partial charge in [0.2, 0.25) is 0 Å². The van der Waals surface area contributed by atoms with Crippen molar-refractivity contribution in [3.8, 4) is 0 Å². The predicted octanol–water partition coefficient (Wildman–Crippen LogP) is 2.55. The van der Waals surface area contributed by atoms with Crippen LogP contribution in [0.25, 0.3) is 0 Å². The molecule has 22 heavy (non-hydrogen) atoms. The minimum atomic E-state index is -1.90. The molecule has 5 heteroatoms. The van der Waals surface area contributed by atoms with E-state index in [4.69, 9.17) is 0 Å². The number of aryl methyl sites for hydroxylation is 1. The third-order valence-corrected chi connectivity index (χ3v) is 3.92. The Kier molecular flexibility index (Phi) is 3.30. The van der Waals surface area contributed by atoms with Gasteiger partial charge in [0.15, 0.2) is 11.4 Å². The van der Waals surface area contributed by atoms with Gasteiger partial charge in [0, 0.05) is 11.1 Å². The lowest BCUT2D eigenvalue weighted by atomic mass is 9.87. The highest BCUT2D eigenvalue weighted by molar-refractivity contribution is 6.09. The Labute approximate surface area is 126 Å². The zero-order valence-electron chi connectivity index (χ0n) is 11.9. The summed E-state index contributed by atoms with van der Waals surface area (Å²) in [4.78, 5) is 24.4. The van der Waals surface area contributed by atoms with E-state index in [2.05, 4.69) is 5.32 Å². The zero-order chi connectivity index (χ0) is 15.9. The topological polar surface area (TPSA) is 66.4 Å². The number of aliphatic hydroxyl groups is 1. The molecule has 1 aliphatic heterocycles. The van der Waals surface area contributed by atoms with E-state index < -0.39 is 23.1 Å². The van der Waals surface area contributed by atoms with Gasteiger partial charge in [-0.1, -0.05) is 18.2 Å². The average molecular weight is 299 g/mol. The van der Waals surface area contributed by atoms with Crippen molar-refractivity contribution in [3.05, 3.63) is 65.0 Å². The third kappa shape index (κ3) is 2.19. The second-order valence-electron chi connectivity index (χ2n) is 5.42. The number of halogens is 1. The van der Waals surface area contributed by atoms with Gasteiger partial charge < -0.3 is 10.4 Å². The van der Waals surface area contributed by atoms with Crippen LogP contribution in [0.15, 0.2) is 42.5 Å². The average Bonchev–Trinajstić information content (AvgIpc) is 2.73. The summed E-state index contributed by atoms with van der Waals surface area (Å²) < 4.78 is 12.9. The molecule has 112 valence electrons. The summed E-state index contributed by atoms with van der Waals surface area (Å²) >= 11 is 0. The Morgan fingerprint density at radius 1 is 1.23 bits per heavy atom. The molecule has 0 aromatic heterocycles. The molecule has 2 aromatic carbocycles. The van der Waals surface area contributed by atoms with Gasteiger partial charge in [-0.05, 0) is 36.8 Å². The third-order valence-electron chi connectivity index (χ3n) is 3.92. The van der Waals surface area contributed by atoms with E-state index in [0.717, 1.165) is 5.56 Å². The van der Waals surface area contributed by atoms with Crippen LogP contribution in [0.3, 0.4) is 0 Å². The molecule has 0 bridgehead atoms. The maximum Gasteiger partial charge on any atom is 0.261 e. The van der Waals surface area contributed by atoms with Crippen molar-refractivity contribution in [1.29, 1.82) is 0 Å². The standard InChI is InChI=1S/C17H14FNO3/c1-10-3-2-4-13-15(10)19-16(21)17(13,22)9-14(20)11-5-7-12(18)8-6-11/h2-8,22H,9H2,1H3,(H,19,21)/t17-/m0/s1. The van der Waals surface area contributed by atoms with Crippen molar-refractivity contribution < 1.29 is 19.1 Å². The van der Waals surface area contributed by atoms with Crippen molar-refractivity contribution in [2.24, 2.45) is 0 Å². The maximum atomic E-state index is 12.9. The molecule has 0 aliphatic carbocycles. The lowest BCUT2D eigenvalue weighted by Gasteiger charge is -2.20. The molecule has 0 saturated carbocycles. The maximum absolute atomic E-state index is 12.9. The Hall–Kier alpha value is -2.53. The van der Waals surface area contributed by atoms with E-state index in [1.807, 2.05) is 13.0 Å². The second kappa shape index (κ2) is 5.03. The first-order chi connectivity index (χ1) is 10.4. The van der Waals surface area contributed by atoms with Crippen LogP contribution in [-0.4, -0.2) is 16.8 Å². The molecule has 0 radical (unpaired) electrons. The smallest absolute Gasteiger partial charge is 0.261 e. The predicted molar refractivity (Wildman–Crippen MR) is 79.1 cm³/mol. The van der Waals surface area contributed by atoms with Gasteiger partial charge in [-0.3, -0.25) is 9.59 Å². The first kappa shape index (κ1) is 14.4. The molecular formula is C17H14FNO3. The molecule has 2 N–H and O–H groups in total. The molecule has 3 rings (SSSR count). The summed E-state index contributed by atoms with van der Waals surface area (Å²) in [6, 6.07) is 10.2. The molecule has 0 spiro atoms. The summed E-state index contributed by atoms with van der Waals surface area (Å²) in [5.74, 6) is -1.49. The van der Waals surface area contributed by atoms with Gasteiger partial charge in [-0.2, -0.15) is 0 Å². The fourth-order valence-corrected chi connectivity index (χ4v) is 2.66. The number of anilines is 1. The minimum absolute atomic E-state index is 0.253. The Bertz CT molecular complexity index is 770. The highest BCUT2D eigenvalue weighted by Gasteiger charge is 2.47. The van der Waals surface area contributed by atoms with Crippen LogP contribution >= 0.6 is 0 Å². The second-order valence-corrected chi connectivity index (χ2v) is 5.42. The summed E-state index contributed by atoms with van der Waals surface area (Å²) in [7, 11) is 0. The fraction of sp³-hybridized carbons (Fsp3) is 0.176. The quantitative estimate of drug-likeness (QED) is 0.856. The van der Waals surface area contributed by atoms with E-state index in [9.17, 15) is 19.1 Å². The SMILES string of the molecule is Cc1cccc2c1NC(=O)[C@]2(O)CC(=O)c1ccc(F)cc1.